The van der Waals surface area contributed by atoms with Crippen LogP contribution in [0, 0.1) is 0 Å². The van der Waals surface area contributed by atoms with Crippen molar-refractivity contribution in [2.75, 3.05) is 33.8 Å². The second-order valence-corrected chi connectivity index (χ2v) is 7.02. The van der Waals surface area contributed by atoms with Gasteiger partial charge in [0.2, 0.25) is 5.91 Å². The third-order valence-electron chi connectivity index (χ3n) is 5.04. The minimum absolute atomic E-state index is 0.128. The monoisotopic (exact) mass is 455 g/mol. The molecule has 0 spiro atoms. The molecule has 0 atom stereocenters. The molecular weight excluding hydrogens is 430 g/mol. The normalized spacial score (nSPS) is 10.5. The van der Waals surface area contributed by atoms with Gasteiger partial charge in [-0.3, -0.25) is 14.2 Å². The highest BCUT2D eigenvalue weighted by Crippen LogP contribution is 2.29. The maximum Gasteiger partial charge on any atom is 0.340 e. The Hall–Kier alpha value is -4.08. The van der Waals surface area contributed by atoms with E-state index in [9.17, 15) is 14.4 Å². The number of aryl methyl sites for hydroxylation is 1. The van der Waals surface area contributed by atoms with Gasteiger partial charge in [-0.15, -0.1) is 0 Å². The van der Waals surface area contributed by atoms with Gasteiger partial charge in [-0.1, -0.05) is 0 Å². The third-order valence-corrected chi connectivity index (χ3v) is 5.04. The summed E-state index contributed by atoms with van der Waals surface area (Å²) in [5.74, 6) is 0.479. The lowest BCUT2D eigenvalue weighted by Gasteiger charge is -2.12. The molecule has 0 aliphatic rings. The van der Waals surface area contributed by atoms with Gasteiger partial charge in [-0.2, -0.15) is 0 Å². The van der Waals surface area contributed by atoms with Crippen LogP contribution in [0.5, 0.6) is 17.2 Å². The third kappa shape index (κ3) is 5.22. The van der Waals surface area contributed by atoms with E-state index in [2.05, 4.69) is 10.3 Å². The molecular formula is C23H25N3O7. The maximum atomic E-state index is 12.8. The van der Waals surface area contributed by atoms with Crippen molar-refractivity contribution in [3.8, 4) is 17.2 Å². The van der Waals surface area contributed by atoms with E-state index in [0.29, 0.717) is 40.3 Å². The van der Waals surface area contributed by atoms with Crippen molar-refractivity contribution in [1.29, 1.82) is 0 Å². The van der Waals surface area contributed by atoms with Gasteiger partial charge in [-0.05, 0) is 30.7 Å². The molecule has 1 heterocycles. The lowest BCUT2D eigenvalue weighted by Crippen LogP contribution is -2.22. The predicted molar refractivity (Wildman–Crippen MR) is 121 cm³/mol. The summed E-state index contributed by atoms with van der Waals surface area (Å²) in [6, 6.07) is 7.92. The Balaban J connectivity index is 1.69. The molecule has 0 radical (unpaired) electrons. The Morgan fingerprint density at radius 3 is 2.39 bits per heavy atom. The van der Waals surface area contributed by atoms with Crippen molar-refractivity contribution in [1.82, 2.24) is 9.55 Å². The Bertz CT molecular complexity index is 1240. The average molecular weight is 455 g/mol. The van der Waals surface area contributed by atoms with Gasteiger partial charge in [0.25, 0.3) is 5.56 Å². The molecule has 10 nitrogen and oxygen atoms in total. The van der Waals surface area contributed by atoms with Crippen LogP contribution in [0.25, 0.3) is 10.9 Å². The van der Waals surface area contributed by atoms with Gasteiger partial charge in [0.15, 0.2) is 11.5 Å². The van der Waals surface area contributed by atoms with Crippen molar-refractivity contribution in [2.45, 2.75) is 19.4 Å². The van der Waals surface area contributed by atoms with Crippen LogP contribution < -0.4 is 25.1 Å². The molecule has 0 aliphatic carbocycles. The minimum atomic E-state index is -0.593. The molecule has 1 N–H and O–H groups in total. The van der Waals surface area contributed by atoms with Crippen molar-refractivity contribution in [3.63, 3.8) is 0 Å². The molecule has 1 aromatic heterocycles. The Morgan fingerprint density at radius 2 is 1.73 bits per heavy atom. The summed E-state index contributed by atoms with van der Waals surface area (Å²) in [7, 11) is 5.74. The van der Waals surface area contributed by atoms with Crippen molar-refractivity contribution in [3.05, 3.63) is 52.6 Å². The Labute approximate surface area is 190 Å². The number of nitrogens with one attached hydrogen (secondary N) is 1. The molecule has 33 heavy (non-hydrogen) atoms. The molecule has 0 fully saturated rings. The Kier molecular flexibility index (Phi) is 7.50. The fourth-order valence-electron chi connectivity index (χ4n) is 3.31. The van der Waals surface area contributed by atoms with Crippen LogP contribution in [-0.4, -0.2) is 49.9 Å². The molecule has 0 saturated heterocycles. The summed E-state index contributed by atoms with van der Waals surface area (Å²) in [6.45, 7) is 0.288. The number of fused-ring (bicyclic) bond motifs is 1. The number of anilines is 1. The van der Waals surface area contributed by atoms with E-state index in [1.165, 1.54) is 45.4 Å². The van der Waals surface area contributed by atoms with E-state index in [4.69, 9.17) is 18.9 Å². The van der Waals surface area contributed by atoms with Crippen LogP contribution in [0.3, 0.4) is 0 Å². The second kappa shape index (κ2) is 10.5. The lowest BCUT2D eigenvalue weighted by atomic mass is 10.1. The number of esters is 1. The predicted octanol–water partition coefficient (Wildman–Crippen LogP) is 2.63. The molecule has 2 aromatic carbocycles. The van der Waals surface area contributed by atoms with E-state index in [-0.39, 0.29) is 30.0 Å². The summed E-state index contributed by atoms with van der Waals surface area (Å²) >= 11 is 0. The molecule has 0 bridgehead atoms. The summed E-state index contributed by atoms with van der Waals surface area (Å²) < 4.78 is 21.8. The van der Waals surface area contributed by atoms with Crippen LogP contribution in [0.4, 0.5) is 5.69 Å². The van der Waals surface area contributed by atoms with Gasteiger partial charge in [-0.25, -0.2) is 9.78 Å². The van der Waals surface area contributed by atoms with Crippen molar-refractivity contribution in [2.24, 2.45) is 0 Å². The number of hydrogen-bond donors (Lipinski definition) is 1. The highest BCUT2D eigenvalue weighted by atomic mass is 16.5. The van der Waals surface area contributed by atoms with Crippen molar-refractivity contribution < 1.29 is 28.5 Å². The topological polar surface area (TPSA) is 118 Å². The number of carbonyl (C=O) groups excluding carboxylic acids is 2. The molecule has 0 aliphatic heterocycles. The molecule has 0 saturated carbocycles. The molecule has 1 amide bonds. The summed E-state index contributed by atoms with van der Waals surface area (Å²) in [4.78, 5) is 41.6. The van der Waals surface area contributed by atoms with Crippen LogP contribution in [-0.2, 0) is 16.1 Å². The van der Waals surface area contributed by atoms with E-state index in [1.54, 1.807) is 24.3 Å². The standard InChI is InChI=1S/C23H25N3O7/c1-30-14-7-8-17(16(10-14)23(29)33-4)25-21(27)6-5-9-26-13-24-18-12-20(32-3)19(31-2)11-15(18)22(26)28/h7-8,10-13H,5-6,9H2,1-4H3,(H,25,27). The maximum absolute atomic E-state index is 12.8. The van der Waals surface area contributed by atoms with E-state index >= 15 is 0 Å². The first kappa shape index (κ1) is 23.6. The van der Waals surface area contributed by atoms with Gasteiger partial charge in [0, 0.05) is 19.0 Å². The van der Waals surface area contributed by atoms with Gasteiger partial charge < -0.3 is 24.3 Å². The quantitative estimate of drug-likeness (QED) is 0.489. The summed E-state index contributed by atoms with van der Waals surface area (Å²) in [6.07, 6.45) is 1.95. The van der Waals surface area contributed by atoms with E-state index in [1.807, 2.05) is 0 Å². The first-order valence-corrected chi connectivity index (χ1v) is 10.1. The smallest absolute Gasteiger partial charge is 0.340 e. The van der Waals surface area contributed by atoms with Gasteiger partial charge in [0.05, 0.1) is 56.9 Å². The fourth-order valence-corrected chi connectivity index (χ4v) is 3.31. The number of carbonyl (C=O) groups is 2. The van der Waals surface area contributed by atoms with E-state index < -0.39 is 5.97 Å². The summed E-state index contributed by atoms with van der Waals surface area (Å²) in [5.41, 5.74) is 0.744. The molecule has 10 heteroatoms. The zero-order valence-electron chi connectivity index (χ0n) is 18.8. The van der Waals surface area contributed by atoms with Crippen molar-refractivity contribution >= 4 is 28.5 Å². The highest BCUT2D eigenvalue weighted by molar-refractivity contribution is 6.01. The first-order chi connectivity index (χ1) is 15.9. The number of benzene rings is 2. The highest BCUT2D eigenvalue weighted by Gasteiger charge is 2.16. The number of methoxy groups -OCH3 is 4. The molecule has 174 valence electrons. The lowest BCUT2D eigenvalue weighted by molar-refractivity contribution is -0.116. The number of ether oxygens (including phenoxy) is 4. The number of nitrogens with zero attached hydrogens (tertiary/aromatic N) is 2. The Morgan fingerprint density at radius 1 is 1.00 bits per heavy atom. The van der Waals surface area contributed by atoms with Gasteiger partial charge >= 0.3 is 5.97 Å². The number of aromatic nitrogens is 2. The minimum Gasteiger partial charge on any atom is -0.497 e. The zero-order chi connectivity index (χ0) is 24.0. The van der Waals surface area contributed by atoms with Gasteiger partial charge in [0.1, 0.15) is 5.75 Å². The second-order valence-electron chi connectivity index (χ2n) is 7.02. The number of amides is 1. The van der Waals surface area contributed by atoms with Crippen LogP contribution in [0.1, 0.15) is 23.2 Å². The fraction of sp³-hybridized carbons (Fsp3) is 0.304. The van der Waals surface area contributed by atoms with Crippen LogP contribution in [0.2, 0.25) is 0 Å². The number of hydrogen-bond acceptors (Lipinski definition) is 8. The largest absolute Gasteiger partial charge is 0.497 e. The first-order valence-electron chi connectivity index (χ1n) is 10.1. The molecule has 3 rings (SSSR count). The van der Waals surface area contributed by atoms with Crippen LogP contribution in [0.15, 0.2) is 41.5 Å². The zero-order valence-corrected chi connectivity index (χ0v) is 18.8. The molecule has 3 aromatic rings. The van der Waals surface area contributed by atoms with E-state index in [0.717, 1.165) is 0 Å². The van der Waals surface area contributed by atoms with Crippen LogP contribution >= 0.6 is 0 Å². The summed E-state index contributed by atoms with van der Waals surface area (Å²) in [5, 5.41) is 3.10. The average Bonchev–Trinajstić information content (AvgIpc) is 2.84. The molecule has 0 unspecified atom stereocenters. The number of rotatable bonds is 9. The SMILES string of the molecule is COC(=O)c1cc(OC)ccc1NC(=O)CCCn1cnc2cc(OC)c(OC)cc2c1=O.